The lowest BCUT2D eigenvalue weighted by molar-refractivity contribution is -0.117. The number of nitrogens with zero attached hydrogens (tertiary/aromatic N) is 2. The van der Waals surface area contributed by atoms with Crippen LogP contribution < -0.4 is 5.32 Å². The monoisotopic (exact) mass is 359 g/mol. The van der Waals surface area contributed by atoms with Crippen molar-refractivity contribution >= 4 is 29.1 Å². The van der Waals surface area contributed by atoms with Gasteiger partial charge in [-0.2, -0.15) is 0 Å². The number of carbonyl (C=O) groups excluding carboxylic acids is 2. The van der Waals surface area contributed by atoms with E-state index in [0.717, 1.165) is 5.56 Å². The van der Waals surface area contributed by atoms with Gasteiger partial charge in [-0.3, -0.25) is 14.5 Å². The summed E-state index contributed by atoms with van der Waals surface area (Å²) in [4.78, 5) is 27.6. The van der Waals surface area contributed by atoms with E-state index in [0.29, 0.717) is 22.8 Å². The second-order valence-electron chi connectivity index (χ2n) is 6.09. The van der Waals surface area contributed by atoms with E-state index in [2.05, 4.69) is 5.32 Å². The smallest absolute Gasteiger partial charge is 0.253 e. The standard InChI is InChI=1S/C19H22ClN3O2/c1-22(2)19(25)14-8-6-9-16(11-14)21-18(24)13-23(3)12-15-7-4-5-10-17(15)20/h4-11H,12-13H2,1-3H3,(H,21,24). The van der Waals surface area contributed by atoms with Gasteiger partial charge in [0.1, 0.15) is 0 Å². The highest BCUT2D eigenvalue weighted by atomic mass is 35.5. The van der Waals surface area contributed by atoms with Gasteiger partial charge in [-0.25, -0.2) is 0 Å². The summed E-state index contributed by atoms with van der Waals surface area (Å²) in [6.45, 7) is 0.795. The molecule has 0 aliphatic heterocycles. The number of hydrogen-bond donors (Lipinski definition) is 1. The molecule has 2 aromatic carbocycles. The zero-order valence-corrected chi connectivity index (χ0v) is 15.4. The van der Waals surface area contributed by atoms with Crippen molar-refractivity contribution in [1.29, 1.82) is 0 Å². The van der Waals surface area contributed by atoms with Gasteiger partial charge in [-0.1, -0.05) is 35.9 Å². The lowest BCUT2D eigenvalue weighted by Gasteiger charge is -2.17. The fourth-order valence-electron chi connectivity index (χ4n) is 2.41. The number of benzene rings is 2. The second-order valence-corrected chi connectivity index (χ2v) is 6.50. The molecule has 0 saturated heterocycles. The molecular formula is C19H22ClN3O2. The molecule has 0 saturated carbocycles. The summed E-state index contributed by atoms with van der Waals surface area (Å²) in [5.41, 5.74) is 2.11. The third-order valence-electron chi connectivity index (χ3n) is 3.61. The summed E-state index contributed by atoms with van der Waals surface area (Å²) < 4.78 is 0. The van der Waals surface area contributed by atoms with Crippen LogP contribution in [0.2, 0.25) is 5.02 Å². The third-order valence-corrected chi connectivity index (χ3v) is 3.98. The lowest BCUT2D eigenvalue weighted by atomic mass is 10.2. The van der Waals surface area contributed by atoms with Crippen LogP contribution in [0.5, 0.6) is 0 Å². The maximum Gasteiger partial charge on any atom is 0.253 e. The van der Waals surface area contributed by atoms with Crippen LogP contribution in [-0.2, 0) is 11.3 Å². The highest BCUT2D eigenvalue weighted by Crippen LogP contribution is 2.16. The molecule has 25 heavy (non-hydrogen) atoms. The van der Waals surface area contributed by atoms with Crippen LogP contribution in [0, 0.1) is 0 Å². The van der Waals surface area contributed by atoms with Crippen molar-refractivity contribution in [3.8, 4) is 0 Å². The minimum absolute atomic E-state index is 0.105. The van der Waals surface area contributed by atoms with Gasteiger partial charge >= 0.3 is 0 Å². The Kier molecular flexibility index (Phi) is 6.56. The second kappa shape index (κ2) is 8.65. The molecule has 6 heteroatoms. The Morgan fingerprint density at radius 1 is 1.04 bits per heavy atom. The number of likely N-dealkylation sites (N-methyl/N-ethyl adjacent to an activating group) is 1. The van der Waals surface area contributed by atoms with E-state index < -0.39 is 0 Å². The topological polar surface area (TPSA) is 52.7 Å². The molecule has 0 bridgehead atoms. The maximum absolute atomic E-state index is 12.2. The van der Waals surface area contributed by atoms with E-state index >= 15 is 0 Å². The fraction of sp³-hybridized carbons (Fsp3) is 0.263. The average molecular weight is 360 g/mol. The molecule has 0 spiro atoms. The molecule has 0 atom stereocenters. The van der Waals surface area contributed by atoms with Gasteiger partial charge in [0.2, 0.25) is 5.91 Å². The predicted molar refractivity (Wildman–Crippen MR) is 101 cm³/mol. The van der Waals surface area contributed by atoms with Gasteiger partial charge in [0.15, 0.2) is 0 Å². The van der Waals surface area contributed by atoms with Gasteiger partial charge in [0, 0.05) is 36.9 Å². The molecule has 2 aromatic rings. The Labute approximate surface area is 153 Å². The van der Waals surface area contributed by atoms with E-state index in [4.69, 9.17) is 11.6 Å². The normalized spacial score (nSPS) is 10.6. The van der Waals surface area contributed by atoms with E-state index in [1.165, 1.54) is 4.90 Å². The Bertz CT molecular complexity index is 762. The van der Waals surface area contributed by atoms with Crippen LogP contribution in [0.25, 0.3) is 0 Å². The molecule has 0 unspecified atom stereocenters. The van der Waals surface area contributed by atoms with Crippen LogP contribution in [0.3, 0.4) is 0 Å². The molecular weight excluding hydrogens is 338 g/mol. The zero-order chi connectivity index (χ0) is 18.4. The third kappa shape index (κ3) is 5.59. The molecule has 132 valence electrons. The van der Waals surface area contributed by atoms with Gasteiger partial charge in [0.25, 0.3) is 5.91 Å². The molecule has 0 aromatic heterocycles. The Hall–Kier alpha value is -2.37. The van der Waals surface area contributed by atoms with Gasteiger partial charge in [0.05, 0.1) is 6.54 Å². The van der Waals surface area contributed by atoms with Crippen molar-refractivity contribution in [2.75, 3.05) is 33.0 Å². The van der Waals surface area contributed by atoms with E-state index in [1.54, 1.807) is 38.4 Å². The number of halogens is 1. The van der Waals surface area contributed by atoms with Crippen LogP contribution in [-0.4, -0.2) is 49.3 Å². The molecule has 0 aliphatic carbocycles. The number of hydrogen-bond acceptors (Lipinski definition) is 3. The number of nitrogens with one attached hydrogen (secondary N) is 1. The van der Waals surface area contributed by atoms with Crippen LogP contribution in [0.15, 0.2) is 48.5 Å². The molecule has 0 radical (unpaired) electrons. The van der Waals surface area contributed by atoms with E-state index in [9.17, 15) is 9.59 Å². The SMILES string of the molecule is CN(CC(=O)Nc1cccc(C(=O)N(C)C)c1)Cc1ccccc1Cl. The number of anilines is 1. The van der Waals surface area contributed by atoms with Crippen LogP contribution >= 0.6 is 11.6 Å². The number of amides is 2. The van der Waals surface area contributed by atoms with E-state index in [1.807, 2.05) is 36.2 Å². The van der Waals surface area contributed by atoms with Crippen molar-refractivity contribution in [3.63, 3.8) is 0 Å². The first-order chi connectivity index (χ1) is 11.9. The van der Waals surface area contributed by atoms with Crippen molar-refractivity contribution in [2.24, 2.45) is 0 Å². The summed E-state index contributed by atoms with van der Waals surface area (Å²) in [6.07, 6.45) is 0. The Morgan fingerprint density at radius 3 is 2.44 bits per heavy atom. The molecule has 1 N–H and O–H groups in total. The first kappa shape index (κ1) is 19.0. The van der Waals surface area contributed by atoms with Gasteiger partial charge in [-0.15, -0.1) is 0 Å². The number of rotatable bonds is 6. The van der Waals surface area contributed by atoms with Crippen LogP contribution in [0.1, 0.15) is 15.9 Å². The molecule has 0 heterocycles. The molecule has 2 amide bonds. The summed E-state index contributed by atoms with van der Waals surface area (Å²) in [7, 11) is 5.24. The van der Waals surface area contributed by atoms with Crippen molar-refractivity contribution in [3.05, 3.63) is 64.7 Å². The minimum atomic E-state index is -0.149. The minimum Gasteiger partial charge on any atom is -0.345 e. The fourth-order valence-corrected chi connectivity index (χ4v) is 2.60. The summed E-state index contributed by atoms with van der Waals surface area (Å²) in [6, 6.07) is 14.5. The Balaban J connectivity index is 1.95. The molecule has 2 rings (SSSR count). The lowest BCUT2D eigenvalue weighted by Crippen LogP contribution is -2.30. The highest BCUT2D eigenvalue weighted by molar-refractivity contribution is 6.31. The molecule has 0 aliphatic rings. The van der Waals surface area contributed by atoms with Crippen molar-refractivity contribution < 1.29 is 9.59 Å². The summed E-state index contributed by atoms with van der Waals surface area (Å²) in [5, 5.41) is 3.51. The highest BCUT2D eigenvalue weighted by Gasteiger charge is 2.11. The molecule has 0 fully saturated rings. The summed E-state index contributed by atoms with van der Waals surface area (Å²) in [5.74, 6) is -0.254. The summed E-state index contributed by atoms with van der Waals surface area (Å²) >= 11 is 6.14. The van der Waals surface area contributed by atoms with Crippen LogP contribution in [0.4, 0.5) is 5.69 Å². The Morgan fingerprint density at radius 2 is 1.76 bits per heavy atom. The quantitative estimate of drug-likeness (QED) is 0.862. The van der Waals surface area contributed by atoms with Gasteiger partial charge < -0.3 is 10.2 Å². The first-order valence-corrected chi connectivity index (χ1v) is 8.28. The van der Waals surface area contributed by atoms with E-state index in [-0.39, 0.29) is 18.4 Å². The first-order valence-electron chi connectivity index (χ1n) is 7.90. The molecule has 5 nitrogen and oxygen atoms in total. The number of carbonyl (C=O) groups is 2. The predicted octanol–water partition coefficient (Wildman–Crippen LogP) is 3.11. The average Bonchev–Trinajstić information content (AvgIpc) is 2.56. The van der Waals surface area contributed by atoms with Crippen molar-refractivity contribution in [2.45, 2.75) is 6.54 Å². The van der Waals surface area contributed by atoms with Gasteiger partial charge in [-0.05, 0) is 36.9 Å². The largest absolute Gasteiger partial charge is 0.345 e. The van der Waals surface area contributed by atoms with Crippen molar-refractivity contribution in [1.82, 2.24) is 9.80 Å². The maximum atomic E-state index is 12.2. The zero-order valence-electron chi connectivity index (χ0n) is 14.6.